The summed E-state index contributed by atoms with van der Waals surface area (Å²) < 4.78 is 12.9. The molecule has 0 fully saturated rings. The highest BCUT2D eigenvalue weighted by atomic mass is 35.5. The van der Waals surface area contributed by atoms with Gasteiger partial charge in [0.1, 0.15) is 5.82 Å². The van der Waals surface area contributed by atoms with E-state index in [1.54, 1.807) is 6.07 Å². The molecule has 1 aromatic heterocycles. The van der Waals surface area contributed by atoms with Crippen LogP contribution in [0.4, 0.5) is 4.39 Å². The van der Waals surface area contributed by atoms with E-state index in [0.29, 0.717) is 17.8 Å². The number of benzene rings is 1. The van der Waals surface area contributed by atoms with Crippen molar-refractivity contribution in [2.75, 3.05) is 5.88 Å². The fraction of sp³-hybridized carbons (Fsp3) is 0.182. The molecule has 0 aliphatic carbocycles. The average Bonchev–Trinajstić information content (AvgIpc) is 2.17. The Balaban J connectivity index is 2.74. The van der Waals surface area contributed by atoms with Crippen LogP contribution in [0.5, 0.6) is 0 Å². The summed E-state index contributed by atoms with van der Waals surface area (Å²) in [5.74, 6) is 0.0804. The molecule has 4 heteroatoms. The number of aromatic nitrogens is 1. The third-order valence-electron chi connectivity index (χ3n) is 2.25. The maximum absolute atomic E-state index is 12.9. The van der Waals surface area contributed by atoms with Gasteiger partial charge in [-0.3, -0.25) is 4.79 Å². The fourth-order valence-corrected chi connectivity index (χ4v) is 1.82. The number of alkyl halides is 1. The Morgan fingerprint density at radius 2 is 2.13 bits per heavy atom. The molecule has 0 spiro atoms. The van der Waals surface area contributed by atoms with E-state index in [1.807, 2.05) is 0 Å². The highest BCUT2D eigenvalue weighted by Gasteiger charge is 2.03. The second kappa shape index (κ2) is 4.03. The lowest BCUT2D eigenvalue weighted by Crippen LogP contribution is -2.07. The zero-order valence-corrected chi connectivity index (χ0v) is 8.64. The smallest absolute Gasteiger partial charge is 0.248 e. The Kier molecular flexibility index (Phi) is 2.73. The molecule has 0 saturated heterocycles. The molecule has 0 amide bonds. The van der Waals surface area contributed by atoms with Crippen molar-refractivity contribution in [2.45, 2.75) is 6.42 Å². The second-order valence-electron chi connectivity index (χ2n) is 3.29. The molecule has 0 unspecified atom stereocenters. The van der Waals surface area contributed by atoms with E-state index < -0.39 is 0 Å². The predicted molar refractivity (Wildman–Crippen MR) is 59.0 cm³/mol. The summed E-state index contributed by atoms with van der Waals surface area (Å²) >= 11 is 5.63. The third-order valence-corrected chi connectivity index (χ3v) is 2.44. The molecule has 0 aliphatic heterocycles. The minimum atomic E-state index is -0.360. The van der Waals surface area contributed by atoms with Crippen LogP contribution in [0.3, 0.4) is 0 Å². The molecular formula is C11H9ClFNO. The van der Waals surface area contributed by atoms with E-state index in [9.17, 15) is 9.18 Å². The first kappa shape index (κ1) is 10.2. The number of nitrogens with one attached hydrogen (secondary N) is 1. The average molecular weight is 226 g/mol. The zero-order chi connectivity index (χ0) is 10.8. The lowest BCUT2D eigenvalue weighted by atomic mass is 10.1. The molecule has 0 aliphatic rings. The summed E-state index contributed by atoms with van der Waals surface area (Å²) in [5.41, 5.74) is 1.14. The number of halogens is 2. The molecule has 0 saturated carbocycles. The van der Waals surface area contributed by atoms with Gasteiger partial charge in [0.05, 0.1) is 5.52 Å². The Labute approximate surface area is 90.7 Å². The van der Waals surface area contributed by atoms with Gasteiger partial charge in [-0.15, -0.1) is 11.6 Å². The number of rotatable bonds is 2. The van der Waals surface area contributed by atoms with Crippen LogP contribution in [0, 0.1) is 5.82 Å². The molecule has 78 valence electrons. The number of pyridine rings is 1. The van der Waals surface area contributed by atoms with Gasteiger partial charge in [0, 0.05) is 17.3 Å². The number of fused-ring (bicyclic) bond motifs is 1. The Morgan fingerprint density at radius 3 is 2.87 bits per heavy atom. The van der Waals surface area contributed by atoms with Crippen LogP contribution < -0.4 is 5.56 Å². The van der Waals surface area contributed by atoms with E-state index in [0.717, 1.165) is 10.9 Å². The third kappa shape index (κ3) is 2.02. The number of H-pyrrole nitrogens is 1. The van der Waals surface area contributed by atoms with Crippen molar-refractivity contribution >= 4 is 22.5 Å². The number of aromatic amines is 1. The molecule has 1 heterocycles. The number of hydrogen-bond donors (Lipinski definition) is 1. The van der Waals surface area contributed by atoms with E-state index in [4.69, 9.17) is 11.6 Å². The molecule has 0 bridgehead atoms. The molecule has 1 aromatic carbocycles. The second-order valence-corrected chi connectivity index (χ2v) is 3.67. The number of aryl methyl sites for hydroxylation is 1. The van der Waals surface area contributed by atoms with Crippen LogP contribution in [0.15, 0.2) is 29.1 Å². The quantitative estimate of drug-likeness (QED) is 0.783. The fourth-order valence-electron chi connectivity index (χ4n) is 1.61. The summed E-state index contributed by atoms with van der Waals surface area (Å²) in [6.07, 6.45) is 0.605. The minimum Gasteiger partial charge on any atom is -0.322 e. The van der Waals surface area contributed by atoms with Gasteiger partial charge in [-0.25, -0.2) is 4.39 Å². The lowest BCUT2D eigenvalue weighted by Gasteiger charge is -2.04. The van der Waals surface area contributed by atoms with Gasteiger partial charge < -0.3 is 4.98 Å². The molecule has 1 N–H and O–H groups in total. The SMILES string of the molecule is O=c1cc(CCCl)c2ccc(F)cc2[nH]1. The maximum Gasteiger partial charge on any atom is 0.248 e. The monoisotopic (exact) mass is 225 g/mol. The molecule has 0 radical (unpaired) electrons. The largest absolute Gasteiger partial charge is 0.322 e. The Hall–Kier alpha value is -1.35. The Morgan fingerprint density at radius 1 is 1.33 bits per heavy atom. The predicted octanol–water partition coefficient (Wildman–Crippen LogP) is 2.45. The van der Waals surface area contributed by atoms with E-state index in [2.05, 4.69) is 4.98 Å². The van der Waals surface area contributed by atoms with E-state index in [1.165, 1.54) is 18.2 Å². The molecular weight excluding hydrogens is 217 g/mol. The first-order valence-electron chi connectivity index (χ1n) is 4.58. The van der Waals surface area contributed by atoms with Gasteiger partial charge in [-0.05, 0) is 30.2 Å². The molecule has 2 nitrogen and oxygen atoms in total. The summed E-state index contributed by atoms with van der Waals surface area (Å²) in [4.78, 5) is 13.9. The lowest BCUT2D eigenvalue weighted by molar-refractivity contribution is 0.629. The van der Waals surface area contributed by atoms with Crippen molar-refractivity contribution in [2.24, 2.45) is 0 Å². The van der Waals surface area contributed by atoms with Crippen molar-refractivity contribution in [1.82, 2.24) is 4.98 Å². The topological polar surface area (TPSA) is 32.9 Å². The molecule has 15 heavy (non-hydrogen) atoms. The maximum atomic E-state index is 12.9. The van der Waals surface area contributed by atoms with Crippen molar-refractivity contribution in [3.05, 3.63) is 46.0 Å². The van der Waals surface area contributed by atoms with E-state index >= 15 is 0 Å². The standard InChI is InChI=1S/C11H9ClFNO/c12-4-3-7-5-11(15)14-10-6-8(13)1-2-9(7)10/h1-2,5-6H,3-4H2,(H,14,15). The van der Waals surface area contributed by atoms with Crippen molar-refractivity contribution in [3.63, 3.8) is 0 Å². The zero-order valence-electron chi connectivity index (χ0n) is 7.89. The van der Waals surface area contributed by atoms with Crippen molar-refractivity contribution in [1.29, 1.82) is 0 Å². The van der Waals surface area contributed by atoms with Gasteiger partial charge in [0.25, 0.3) is 0 Å². The van der Waals surface area contributed by atoms with Crippen LogP contribution in [0.2, 0.25) is 0 Å². The first-order chi connectivity index (χ1) is 7.20. The van der Waals surface area contributed by atoms with Crippen LogP contribution in [0.1, 0.15) is 5.56 Å². The van der Waals surface area contributed by atoms with Gasteiger partial charge >= 0.3 is 0 Å². The molecule has 2 aromatic rings. The van der Waals surface area contributed by atoms with Gasteiger partial charge in [-0.2, -0.15) is 0 Å². The molecule has 2 rings (SSSR count). The van der Waals surface area contributed by atoms with Crippen LogP contribution >= 0.6 is 11.6 Å². The highest BCUT2D eigenvalue weighted by Crippen LogP contribution is 2.16. The van der Waals surface area contributed by atoms with Crippen LogP contribution in [-0.4, -0.2) is 10.9 Å². The normalized spacial score (nSPS) is 10.8. The van der Waals surface area contributed by atoms with Crippen LogP contribution in [0.25, 0.3) is 10.9 Å². The first-order valence-corrected chi connectivity index (χ1v) is 5.11. The van der Waals surface area contributed by atoms with Crippen molar-refractivity contribution < 1.29 is 4.39 Å². The van der Waals surface area contributed by atoms with Gasteiger partial charge in [-0.1, -0.05) is 0 Å². The Bertz CT molecular complexity index is 550. The van der Waals surface area contributed by atoms with Gasteiger partial charge in [0.15, 0.2) is 0 Å². The summed E-state index contributed by atoms with van der Waals surface area (Å²) in [6, 6.07) is 5.85. The van der Waals surface area contributed by atoms with Gasteiger partial charge in [0.2, 0.25) is 5.56 Å². The summed E-state index contributed by atoms with van der Waals surface area (Å²) in [6.45, 7) is 0. The van der Waals surface area contributed by atoms with E-state index in [-0.39, 0.29) is 11.4 Å². The molecule has 0 atom stereocenters. The van der Waals surface area contributed by atoms with Crippen LogP contribution in [-0.2, 0) is 6.42 Å². The number of hydrogen-bond acceptors (Lipinski definition) is 1. The summed E-state index contributed by atoms with van der Waals surface area (Å²) in [7, 11) is 0. The highest BCUT2D eigenvalue weighted by molar-refractivity contribution is 6.18. The minimum absolute atomic E-state index is 0.229. The van der Waals surface area contributed by atoms with Crippen molar-refractivity contribution in [3.8, 4) is 0 Å². The summed E-state index contributed by atoms with van der Waals surface area (Å²) in [5, 5.41) is 0.844.